The Labute approximate surface area is 68.8 Å². The van der Waals surface area contributed by atoms with Crippen molar-refractivity contribution in [3.05, 3.63) is 30.1 Å². The summed E-state index contributed by atoms with van der Waals surface area (Å²) in [4.78, 5) is -0.792. The first-order valence-corrected chi connectivity index (χ1v) is 4.24. The zero-order chi connectivity index (χ0) is 11.0. The van der Waals surface area contributed by atoms with Crippen LogP contribution in [0.3, 0.4) is 0 Å². The van der Waals surface area contributed by atoms with E-state index in [0.29, 0.717) is 0 Å². The maximum absolute atomic E-state index is 13.0. The molecule has 0 bridgehead atoms. The highest BCUT2D eigenvalue weighted by Gasteiger charge is 2.10. The minimum Gasteiger partial charge on any atom is -0.224 e. The maximum Gasteiger partial charge on any atom is 0.178 e. The van der Waals surface area contributed by atoms with Crippen LogP contribution in [-0.2, 0) is 9.84 Å². The molecule has 0 saturated carbocycles. The number of sulfone groups is 1. The summed E-state index contributed by atoms with van der Waals surface area (Å²) in [6, 6.07) is 4.38. The molecule has 0 atom stereocenters. The predicted molar refractivity (Wildman–Crippen MR) is 39.5 cm³/mol. The molecule has 0 N–H and O–H groups in total. The van der Waals surface area contributed by atoms with Crippen molar-refractivity contribution >= 4 is 9.84 Å². The topological polar surface area (TPSA) is 34.1 Å². The van der Waals surface area contributed by atoms with Gasteiger partial charge in [-0.05, 0) is 12.1 Å². The van der Waals surface area contributed by atoms with Crippen molar-refractivity contribution in [2.75, 3.05) is 6.18 Å². The van der Waals surface area contributed by atoms with Gasteiger partial charge in [-0.3, -0.25) is 0 Å². The van der Waals surface area contributed by atoms with Gasteiger partial charge in [0.15, 0.2) is 9.84 Å². The van der Waals surface area contributed by atoms with Crippen molar-refractivity contribution in [3.8, 4) is 0 Å². The first-order chi connectivity index (χ1) is 6.27. The number of hydrogen-bond donors (Lipinski definition) is 0. The van der Waals surface area contributed by atoms with E-state index >= 15 is 0 Å². The van der Waals surface area contributed by atoms with Gasteiger partial charge in [0.2, 0.25) is 0 Å². The van der Waals surface area contributed by atoms with Crippen LogP contribution in [0.1, 0.15) is 4.11 Å². The Morgan fingerprint density at radius 2 is 2.09 bits per heavy atom. The Hall–Kier alpha value is -0.900. The molecular formula is C7H7FO2S. The molecule has 0 heterocycles. The molecule has 0 unspecified atom stereocenters. The lowest BCUT2D eigenvalue weighted by atomic mass is 10.4. The lowest BCUT2D eigenvalue weighted by Gasteiger charge is -1.97. The Kier molecular flexibility index (Phi) is 1.16. The Morgan fingerprint density at radius 3 is 2.64 bits per heavy atom. The third-order valence-corrected chi connectivity index (χ3v) is 2.04. The average Bonchev–Trinajstić information content (AvgIpc) is 2.02. The molecule has 0 amide bonds. The summed E-state index contributed by atoms with van der Waals surface area (Å²) in [5.41, 5.74) is 0. The zero-order valence-electron chi connectivity index (χ0n) is 8.41. The van der Waals surface area contributed by atoms with Gasteiger partial charge in [-0.15, -0.1) is 0 Å². The fourth-order valence-corrected chi connectivity index (χ4v) is 1.25. The molecule has 0 aliphatic rings. The third kappa shape index (κ3) is 1.77. The molecule has 0 aliphatic heterocycles. The Morgan fingerprint density at radius 1 is 1.45 bits per heavy atom. The molecule has 0 fully saturated rings. The van der Waals surface area contributed by atoms with E-state index in [1.54, 1.807) is 0 Å². The highest BCUT2D eigenvalue weighted by molar-refractivity contribution is 7.90. The average molecular weight is 177 g/mol. The fraction of sp³-hybridized carbons (Fsp3) is 0.143. The van der Waals surface area contributed by atoms with E-state index in [-0.39, 0.29) is 0 Å². The molecule has 1 rings (SSSR count). The van der Waals surface area contributed by atoms with Gasteiger partial charge in [-0.1, -0.05) is 12.1 Å². The van der Waals surface area contributed by atoms with E-state index in [9.17, 15) is 12.8 Å². The third-order valence-electron chi connectivity index (χ3n) is 1.13. The van der Waals surface area contributed by atoms with Crippen LogP contribution >= 0.6 is 0 Å². The van der Waals surface area contributed by atoms with Crippen molar-refractivity contribution in [3.63, 3.8) is 0 Å². The molecule has 2 nitrogen and oxygen atoms in total. The maximum atomic E-state index is 13.0. The molecular weight excluding hydrogens is 167 g/mol. The van der Waals surface area contributed by atoms with Gasteiger partial charge in [-0.25, -0.2) is 12.8 Å². The van der Waals surface area contributed by atoms with Gasteiger partial charge in [0.05, 0.1) is 0 Å². The van der Waals surface area contributed by atoms with Gasteiger partial charge in [0, 0.05) is 10.3 Å². The summed E-state index contributed by atoms with van der Waals surface area (Å²) in [5.74, 6) is -1.05. The van der Waals surface area contributed by atoms with E-state index in [2.05, 4.69) is 0 Å². The second-order valence-corrected chi connectivity index (χ2v) is 3.38. The van der Waals surface area contributed by atoms with Gasteiger partial charge >= 0.3 is 0 Å². The van der Waals surface area contributed by atoms with Crippen molar-refractivity contribution in [2.24, 2.45) is 0 Å². The second-order valence-electron chi connectivity index (χ2n) is 1.93. The van der Waals surface area contributed by atoms with E-state index in [0.717, 1.165) is 12.1 Å². The molecule has 0 aliphatic carbocycles. The van der Waals surface area contributed by atoms with Crippen LogP contribution < -0.4 is 0 Å². The lowest BCUT2D eigenvalue weighted by Crippen LogP contribution is -1.99. The Bertz CT molecular complexity index is 438. The van der Waals surface area contributed by atoms with E-state index in [1.807, 2.05) is 0 Å². The smallest absolute Gasteiger partial charge is 0.178 e. The summed E-state index contributed by atoms with van der Waals surface area (Å²) in [7, 11) is -4.58. The van der Waals surface area contributed by atoms with Crippen LogP contribution in [0.2, 0.25) is 0 Å². The van der Waals surface area contributed by atoms with Crippen molar-refractivity contribution in [1.29, 1.82) is 0 Å². The molecule has 1 aromatic rings. The molecule has 60 valence electrons. The summed E-state index contributed by atoms with van der Waals surface area (Å²) >= 11 is 0. The van der Waals surface area contributed by atoms with E-state index in [4.69, 9.17) is 4.11 Å². The normalized spacial score (nSPS) is 16.6. The zero-order valence-corrected chi connectivity index (χ0v) is 6.23. The number of hydrogen-bond acceptors (Lipinski definition) is 2. The number of rotatable bonds is 1. The quantitative estimate of drug-likeness (QED) is 0.646. The van der Waals surface area contributed by atoms with Crippen LogP contribution in [0, 0.1) is 5.82 Å². The molecule has 0 aromatic heterocycles. The monoisotopic (exact) mass is 177 g/mol. The van der Waals surface area contributed by atoms with Crippen molar-refractivity contribution < 1.29 is 16.9 Å². The molecule has 11 heavy (non-hydrogen) atoms. The standard InChI is InChI=1S/C7H7FO2S/c1-11(9,10)7-5-3-2-4-6(7)8/h2-5H,1H3/i1D3. The largest absolute Gasteiger partial charge is 0.224 e. The predicted octanol–water partition coefficient (Wildman–Crippen LogP) is 1.23. The molecule has 4 heteroatoms. The van der Waals surface area contributed by atoms with E-state index in [1.165, 1.54) is 12.1 Å². The van der Waals surface area contributed by atoms with Crippen molar-refractivity contribution in [1.82, 2.24) is 0 Å². The summed E-state index contributed by atoms with van der Waals surface area (Å²) in [6.45, 7) is 0. The van der Waals surface area contributed by atoms with Crippen LogP contribution in [0.4, 0.5) is 4.39 Å². The SMILES string of the molecule is [2H]C([2H])([2H])S(=O)(=O)c1ccccc1F. The number of benzene rings is 1. The minimum atomic E-state index is -4.58. The van der Waals surface area contributed by atoms with Crippen molar-refractivity contribution in [2.45, 2.75) is 4.90 Å². The highest BCUT2D eigenvalue weighted by atomic mass is 32.2. The van der Waals surface area contributed by atoms with Crippen LogP contribution in [0.25, 0.3) is 0 Å². The van der Waals surface area contributed by atoms with Gasteiger partial charge in [-0.2, -0.15) is 0 Å². The van der Waals surface area contributed by atoms with Crippen LogP contribution in [-0.4, -0.2) is 14.6 Å². The minimum absolute atomic E-state index is 0.792. The first-order valence-electron chi connectivity index (χ1n) is 4.26. The summed E-state index contributed by atoms with van der Waals surface area (Å²) in [5, 5.41) is 0. The second kappa shape index (κ2) is 2.62. The number of halogens is 1. The fourth-order valence-electron chi connectivity index (χ4n) is 0.663. The van der Waals surface area contributed by atoms with Crippen LogP contribution in [0.15, 0.2) is 29.2 Å². The van der Waals surface area contributed by atoms with Gasteiger partial charge in [0.1, 0.15) is 10.7 Å². The Balaban J connectivity index is 3.40. The van der Waals surface area contributed by atoms with E-state index < -0.39 is 26.7 Å². The highest BCUT2D eigenvalue weighted by Crippen LogP contribution is 2.12. The molecule has 0 radical (unpaired) electrons. The van der Waals surface area contributed by atoms with Gasteiger partial charge < -0.3 is 0 Å². The molecule has 1 aromatic carbocycles. The summed E-state index contributed by atoms with van der Waals surface area (Å²) in [6.07, 6.45) is -3.23. The van der Waals surface area contributed by atoms with Crippen LogP contribution in [0.5, 0.6) is 0 Å². The van der Waals surface area contributed by atoms with Gasteiger partial charge in [0.25, 0.3) is 0 Å². The first kappa shape index (κ1) is 4.87. The molecule has 0 saturated heterocycles. The molecule has 0 spiro atoms. The lowest BCUT2D eigenvalue weighted by molar-refractivity contribution is 0.571. The summed E-state index contributed by atoms with van der Waals surface area (Å²) < 4.78 is 55.8.